The molecule has 1 aromatic heterocycles. The van der Waals surface area contributed by atoms with Crippen LogP contribution in [0.15, 0.2) is 17.3 Å². The summed E-state index contributed by atoms with van der Waals surface area (Å²) in [6.07, 6.45) is 3.75. The van der Waals surface area contributed by atoms with Gasteiger partial charge in [0.05, 0.1) is 6.20 Å². The monoisotopic (exact) mass is 287 g/mol. The van der Waals surface area contributed by atoms with E-state index in [9.17, 15) is 8.42 Å². The fraction of sp³-hybridized carbons (Fsp3) is 0.727. The second-order valence-electron chi connectivity index (χ2n) is 4.67. The molecule has 1 saturated heterocycles. The van der Waals surface area contributed by atoms with E-state index in [1.165, 1.54) is 16.7 Å². The number of nitrogens with zero attached hydrogens (tertiary/aromatic N) is 3. The van der Waals surface area contributed by atoms with Crippen LogP contribution in [0.2, 0.25) is 0 Å². The molecule has 8 heteroatoms. The summed E-state index contributed by atoms with van der Waals surface area (Å²) >= 11 is 0. The molecule has 0 spiro atoms. The van der Waals surface area contributed by atoms with E-state index < -0.39 is 10.0 Å². The number of aromatic amines is 1. The third-order valence-corrected chi connectivity index (χ3v) is 5.51. The van der Waals surface area contributed by atoms with E-state index in [0.717, 1.165) is 19.5 Å². The molecule has 108 valence electrons. The molecule has 0 radical (unpaired) electrons. The Morgan fingerprint density at radius 2 is 2.11 bits per heavy atom. The molecule has 7 nitrogen and oxygen atoms in total. The number of aromatic nitrogens is 2. The van der Waals surface area contributed by atoms with Gasteiger partial charge in [-0.05, 0) is 6.42 Å². The van der Waals surface area contributed by atoms with Crippen LogP contribution < -0.4 is 5.73 Å². The zero-order valence-electron chi connectivity index (χ0n) is 11.1. The zero-order valence-corrected chi connectivity index (χ0v) is 11.9. The van der Waals surface area contributed by atoms with Gasteiger partial charge in [0.15, 0.2) is 0 Å². The Bertz CT molecular complexity index is 475. The highest BCUT2D eigenvalue weighted by molar-refractivity contribution is 7.89. The Kier molecular flexibility index (Phi) is 4.56. The number of H-pyrrole nitrogens is 1. The molecule has 1 atom stereocenters. The average molecular weight is 287 g/mol. The number of nitrogens with two attached hydrogens (primary N) is 1. The summed E-state index contributed by atoms with van der Waals surface area (Å²) in [6, 6.07) is 0.346. The summed E-state index contributed by atoms with van der Waals surface area (Å²) in [5.74, 6) is 0. The largest absolute Gasteiger partial charge is 0.329 e. The molecule has 1 aliphatic rings. The Morgan fingerprint density at radius 1 is 1.42 bits per heavy atom. The number of piperazine rings is 1. The van der Waals surface area contributed by atoms with Gasteiger partial charge in [-0.2, -0.15) is 9.40 Å². The van der Waals surface area contributed by atoms with Gasteiger partial charge in [0.25, 0.3) is 0 Å². The Morgan fingerprint density at radius 3 is 2.58 bits per heavy atom. The third kappa shape index (κ3) is 2.97. The van der Waals surface area contributed by atoms with Gasteiger partial charge in [-0.25, -0.2) is 8.42 Å². The number of nitrogens with one attached hydrogen (secondary N) is 1. The average Bonchev–Trinajstić information content (AvgIpc) is 2.95. The smallest absolute Gasteiger partial charge is 0.246 e. The van der Waals surface area contributed by atoms with Crippen LogP contribution in [-0.2, 0) is 10.0 Å². The summed E-state index contributed by atoms with van der Waals surface area (Å²) in [5, 5.41) is 6.23. The third-order valence-electron chi connectivity index (χ3n) is 3.64. The van der Waals surface area contributed by atoms with Crippen molar-refractivity contribution >= 4 is 10.0 Å². The summed E-state index contributed by atoms with van der Waals surface area (Å²) < 4.78 is 26.1. The lowest BCUT2D eigenvalue weighted by atomic mass is 10.1. The first-order valence-electron chi connectivity index (χ1n) is 6.52. The van der Waals surface area contributed by atoms with Crippen LogP contribution in [0, 0.1) is 0 Å². The molecule has 1 unspecified atom stereocenters. The van der Waals surface area contributed by atoms with Crippen molar-refractivity contribution in [1.82, 2.24) is 19.4 Å². The van der Waals surface area contributed by atoms with Crippen molar-refractivity contribution in [2.24, 2.45) is 5.73 Å². The predicted molar refractivity (Wildman–Crippen MR) is 72.1 cm³/mol. The van der Waals surface area contributed by atoms with Gasteiger partial charge in [-0.15, -0.1) is 0 Å². The molecule has 1 aromatic rings. The molecule has 3 N–H and O–H groups in total. The normalized spacial score (nSPS) is 20.5. The van der Waals surface area contributed by atoms with Crippen LogP contribution in [0.3, 0.4) is 0 Å². The second kappa shape index (κ2) is 6.00. The van der Waals surface area contributed by atoms with Gasteiger partial charge < -0.3 is 5.73 Å². The predicted octanol–water partition coefficient (Wildman–Crippen LogP) is -0.547. The first kappa shape index (κ1) is 14.4. The van der Waals surface area contributed by atoms with Gasteiger partial charge in [-0.3, -0.25) is 10.00 Å². The highest BCUT2D eigenvalue weighted by Crippen LogP contribution is 2.17. The van der Waals surface area contributed by atoms with Crippen LogP contribution in [0.4, 0.5) is 0 Å². The van der Waals surface area contributed by atoms with Gasteiger partial charge in [-0.1, -0.05) is 6.92 Å². The molecule has 19 heavy (non-hydrogen) atoms. The summed E-state index contributed by atoms with van der Waals surface area (Å²) in [5.41, 5.74) is 5.73. The maximum atomic E-state index is 12.3. The Hall–Kier alpha value is -0.960. The maximum absolute atomic E-state index is 12.3. The summed E-state index contributed by atoms with van der Waals surface area (Å²) in [6.45, 7) is 5.19. The van der Waals surface area contributed by atoms with Gasteiger partial charge in [0.2, 0.25) is 10.0 Å². The minimum atomic E-state index is -3.40. The van der Waals surface area contributed by atoms with Crippen molar-refractivity contribution in [2.75, 3.05) is 32.7 Å². The van der Waals surface area contributed by atoms with Crippen molar-refractivity contribution < 1.29 is 8.42 Å². The number of hydrogen-bond acceptors (Lipinski definition) is 5. The molecule has 0 aliphatic carbocycles. The minimum absolute atomic E-state index is 0.229. The summed E-state index contributed by atoms with van der Waals surface area (Å²) in [7, 11) is -3.40. The highest BCUT2D eigenvalue weighted by atomic mass is 32.2. The van der Waals surface area contributed by atoms with Crippen LogP contribution in [0.5, 0.6) is 0 Å². The van der Waals surface area contributed by atoms with Crippen molar-refractivity contribution in [2.45, 2.75) is 24.3 Å². The molecule has 0 aromatic carbocycles. The zero-order chi connectivity index (χ0) is 13.9. The van der Waals surface area contributed by atoms with Crippen molar-refractivity contribution in [3.05, 3.63) is 12.4 Å². The van der Waals surface area contributed by atoms with E-state index in [1.807, 2.05) is 0 Å². The molecule has 0 bridgehead atoms. The molecule has 1 fully saturated rings. The molecule has 0 amide bonds. The first-order chi connectivity index (χ1) is 9.09. The Labute approximate surface area is 113 Å². The lowest BCUT2D eigenvalue weighted by Gasteiger charge is -2.37. The number of hydrogen-bond donors (Lipinski definition) is 2. The molecule has 2 rings (SSSR count). The van der Waals surface area contributed by atoms with Gasteiger partial charge >= 0.3 is 0 Å². The standard InChI is InChI=1S/C11H21N5O2S/c1-2-10(7-12)15-3-5-16(6-4-15)19(17,18)11-8-13-14-9-11/h8-10H,2-7,12H2,1H3,(H,13,14). The van der Waals surface area contributed by atoms with Crippen molar-refractivity contribution in [3.8, 4) is 0 Å². The summed E-state index contributed by atoms with van der Waals surface area (Å²) in [4.78, 5) is 2.49. The van der Waals surface area contributed by atoms with E-state index in [4.69, 9.17) is 5.73 Å². The lowest BCUT2D eigenvalue weighted by molar-refractivity contribution is 0.137. The number of rotatable bonds is 5. The fourth-order valence-electron chi connectivity index (χ4n) is 2.41. The van der Waals surface area contributed by atoms with Crippen LogP contribution >= 0.6 is 0 Å². The SMILES string of the molecule is CCC(CN)N1CCN(S(=O)(=O)c2cn[nH]c2)CC1. The van der Waals surface area contributed by atoms with Gasteiger partial charge in [0.1, 0.15) is 4.90 Å². The molecular weight excluding hydrogens is 266 g/mol. The molecule has 1 aliphatic heterocycles. The van der Waals surface area contributed by atoms with E-state index in [2.05, 4.69) is 22.0 Å². The van der Waals surface area contributed by atoms with Crippen molar-refractivity contribution in [1.29, 1.82) is 0 Å². The van der Waals surface area contributed by atoms with E-state index in [0.29, 0.717) is 25.7 Å². The lowest BCUT2D eigenvalue weighted by Crippen LogP contribution is -2.53. The van der Waals surface area contributed by atoms with Crippen LogP contribution in [0.1, 0.15) is 13.3 Å². The highest BCUT2D eigenvalue weighted by Gasteiger charge is 2.30. The maximum Gasteiger partial charge on any atom is 0.246 e. The van der Waals surface area contributed by atoms with Crippen molar-refractivity contribution in [3.63, 3.8) is 0 Å². The molecule has 0 saturated carbocycles. The Balaban J connectivity index is 2.01. The quantitative estimate of drug-likeness (QED) is 0.758. The fourth-order valence-corrected chi connectivity index (χ4v) is 3.74. The van der Waals surface area contributed by atoms with Crippen LogP contribution in [-0.4, -0.2) is 66.6 Å². The second-order valence-corrected chi connectivity index (χ2v) is 6.61. The van der Waals surface area contributed by atoms with E-state index in [1.54, 1.807) is 0 Å². The van der Waals surface area contributed by atoms with E-state index in [-0.39, 0.29) is 4.90 Å². The first-order valence-corrected chi connectivity index (χ1v) is 7.96. The van der Waals surface area contributed by atoms with Gasteiger partial charge in [0, 0.05) is 45.0 Å². The molecular formula is C11H21N5O2S. The molecule has 2 heterocycles. The van der Waals surface area contributed by atoms with Crippen LogP contribution in [0.25, 0.3) is 0 Å². The topological polar surface area (TPSA) is 95.3 Å². The van der Waals surface area contributed by atoms with E-state index >= 15 is 0 Å². The number of sulfonamides is 1. The minimum Gasteiger partial charge on any atom is -0.329 e.